The molecule has 3 aromatic rings. The lowest BCUT2D eigenvalue weighted by Gasteiger charge is -2.41. The van der Waals surface area contributed by atoms with Gasteiger partial charge in [0.05, 0.1) is 38.1 Å². The fourth-order valence-corrected chi connectivity index (χ4v) is 8.30. The van der Waals surface area contributed by atoms with E-state index in [9.17, 15) is 24.3 Å². The van der Waals surface area contributed by atoms with Crippen molar-refractivity contribution < 1.29 is 57.4 Å². The fourth-order valence-electron chi connectivity index (χ4n) is 7.15. The predicted octanol–water partition coefficient (Wildman–Crippen LogP) is 6.60. The average molecular weight is 882 g/mol. The minimum Gasteiger partial charge on any atom is -0.490 e. The van der Waals surface area contributed by atoms with Crippen LogP contribution in [0.5, 0.6) is 5.75 Å². The van der Waals surface area contributed by atoms with Crippen LogP contribution in [-0.2, 0) is 59.8 Å². The molecule has 2 heterocycles. The van der Waals surface area contributed by atoms with E-state index in [4.69, 9.17) is 44.8 Å². The van der Waals surface area contributed by atoms with E-state index < -0.39 is 53.8 Å². The Kier molecular flexibility index (Phi) is 16.8. The van der Waals surface area contributed by atoms with Crippen LogP contribution in [-0.4, -0.2) is 108 Å². The summed E-state index contributed by atoms with van der Waals surface area (Å²) in [4.78, 5) is 57.1. The van der Waals surface area contributed by atoms with Gasteiger partial charge in [-0.3, -0.25) is 24.2 Å². The monoisotopic (exact) mass is 881 g/mol. The number of aliphatic hydroxyl groups is 1. The lowest BCUT2D eigenvalue weighted by Crippen LogP contribution is -2.60. The van der Waals surface area contributed by atoms with Crippen molar-refractivity contribution in [2.75, 3.05) is 38.7 Å². The molecule has 1 N–H and O–H groups in total. The van der Waals surface area contributed by atoms with Crippen LogP contribution in [0.2, 0.25) is 5.02 Å². The van der Waals surface area contributed by atoms with Gasteiger partial charge in [0.25, 0.3) is 5.91 Å². The highest BCUT2D eigenvalue weighted by Gasteiger charge is 2.51. The summed E-state index contributed by atoms with van der Waals surface area (Å²) in [5, 5.41) is 9.83. The van der Waals surface area contributed by atoms with Crippen molar-refractivity contribution in [2.45, 2.75) is 113 Å². The summed E-state index contributed by atoms with van der Waals surface area (Å²) in [6.45, 7) is 5.47. The van der Waals surface area contributed by atoms with E-state index >= 15 is 0 Å². The molecule has 1 aliphatic heterocycles. The second kappa shape index (κ2) is 22.2. The number of pyridine rings is 1. The number of ether oxygens (including phenoxy) is 7. The molecule has 3 aliphatic rings. The number of para-hydroxylation sites is 1. The SMILES string of the molecule is CC(=O)OC1[CH]OC(C(=O)N(CCCCCSc2ccc(Cl)c(COC3(c4cnccc4-c4ccccc4OC4CC4)CC3)c2)CCOCCO)C(OC(C)=O)C1OC(C)=O. The lowest BCUT2D eigenvalue weighted by atomic mass is 9.96. The highest BCUT2D eigenvalue weighted by atomic mass is 35.5. The van der Waals surface area contributed by atoms with Gasteiger partial charge in [0, 0.05) is 67.3 Å². The summed E-state index contributed by atoms with van der Waals surface area (Å²) >= 11 is 8.41. The topological polar surface area (TPSA) is 169 Å². The van der Waals surface area contributed by atoms with Gasteiger partial charge in [-0.15, -0.1) is 11.8 Å². The van der Waals surface area contributed by atoms with Gasteiger partial charge in [0.15, 0.2) is 24.4 Å². The summed E-state index contributed by atoms with van der Waals surface area (Å²) in [6, 6.07) is 16.2. The molecule has 2 aromatic carbocycles. The van der Waals surface area contributed by atoms with Gasteiger partial charge in [-0.25, -0.2) is 0 Å². The molecule has 61 heavy (non-hydrogen) atoms. The molecule has 6 rings (SSSR count). The van der Waals surface area contributed by atoms with Crippen molar-refractivity contribution in [3.63, 3.8) is 0 Å². The number of rotatable bonds is 23. The Morgan fingerprint density at radius 1 is 0.902 bits per heavy atom. The standard InChI is InChI=1S/C45H54ClN2O12S/c1-29(50)57-40-28-55-43(42(59-31(3)52)41(40)58-30(2)51)44(53)48(20-22-54-23-21-49)19-7-4-8-24-61-34-13-14-38(46)32(25-34)27-56-45(16-17-45)37-26-47-18-15-35(37)36-9-5-6-10-39(36)60-33-11-12-33/h5-6,9-10,13-15,18,25-26,28,33,40-43,49H,4,7-8,11-12,16-17,19-24,27H2,1-3H3. The molecule has 2 saturated carbocycles. The summed E-state index contributed by atoms with van der Waals surface area (Å²) < 4.78 is 40.2. The van der Waals surface area contributed by atoms with Gasteiger partial charge in [0.2, 0.25) is 0 Å². The Labute approximate surface area is 365 Å². The largest absolute Gasteiger partial charge is 0.490 e. The first kappa shape index (κ1) is 46.3. The Balaban J connectivity index is 1.03. The third kappa shape index (κ3) is 13.1. The van der Waals surface area contributed by atoms with Crippen molar-refractivity contribution in [1.82, 2.24) is 9.88 Å². The Morgan fingerprint density at radius 3 is 2.38 bits per heavy atom. The Bertz CT molecular complexity index is 1980. The van der Waals surface area contributed by atoms with Crippen molar-refractivity contribution >= 4 is 47.2 Å². The fraction of sp³-hybridized carbons (Fsp3) is 0.511. The number of aliphatic hydroxyl groups excluding tert-OH is 1. The van der Waals surface area contributed by atoms with Crippen LogP contribution in [0.1, 0.15) is 76.8 Å². The second-order valence-electron chi connectivity index (χ2n) is 15.3. The number of thioether (sulfide) groups is 1. The molecular weight excluding hydrogens is 828 g/mol. The van der Waals surface area contributed by atoms with Gasteiger partial charge in [-0.05, 0) is 85.7 Å². The third-order valence-corrected chi connectivity index (χ3v) is 11.8. The maximum absolute atomic E-state index is 14.0. The molecule has 1 aromatic heterocycles. The molecule has 329 valence electrons. The number of carbonyl (C=O) groups excluding carboxylic acids is 4. The molecule has 0 spiro atoms. The summed E-state index contributed by atoms with van der Waals surface area (Å²) in [5.74, 6) is -0.990. The number of unbranched alkanes of at least 4 members (excludes halogenated alkanes) is 2. The molecule has 1 radical (unpaired) electrons. The lowest BCUT2D eigenvalue weighted by molar-refractivity contribution is -0.214. The third-order valence-electron chi connectivity index (χ3n) is 10.4. The molecule has 1 amide bonds. The first-order chi connectivity index (χ1) is 29.5. The van der Waals surface area contributed by atoms with Gasteiger partial charge >= 0.3 is 17.9 Å². The minimum atomic E-state index is -1.40. The van der Waals surface area contributed by atoms with Crippen molar-refractivity contribution in [3.05, 3.63) is 83.7 Å². The first-order valence-electron chi connectivity index (χ1n) is 20.7. The zero-order valence-electron chi connectivity index (χ0n) is 34.8. The van der Waals surface area contributed by atoms with E-state index in [-0.39, 0.29) is 32.5 Å². The van der Waals surface area contributed by atoms with Crippen LogP contribution in [0.25, 0.3) is 11.1 Å². The van der Waals surface area contributed by atoms with Crippen LogP contribution in [0.15, 0.2) is 65.8 Å². The minimum absolute atomic E-state index is 0.0949. The molecule has 14 nitrogen and oxygen atoms in total. The number of benzene rings is 2. The van der Waals surface area contributed by atoms with Gasteiger partial charge in [-0.1, -0.05) is 36.2 Å². The van der Waals surface area contributed by atoms with Crippen LogP contribution in [0, 0.1) is 6.61 Å². The van der Waals surface area contributed by atoms with Crippen molar-refractivity contribution in [3.8, 4) is 16.9 Å². The number of amides is 1. The van der Waals surface area contributed by atoms with Gasteiger partial charge in [-0.2, -0.15) is 0 Å². The quantitative estimate of drug-likeness (QED) is 0.0468. The van der Waals surface area contributed by atoms with Gasteiger partial charge in [0.1, 0.15) is 12.4 Å². The highest BCUT2D eigenvalue weighted by Crippen LogP contribution is 2.53. The molecule has 0 bridgehead atoms. The molecule has 2 aliphatic carbocycles. The molecule has 4 atom stereocenters. The number of esters is 3. The molecule has 16 heteroatoms. The Morgan fingerprint density at radius 2 is 1.66 bits per heavy atom. The number of hydrogen-bond acceptors (Lipinski definition) is 14. The van der Waals surface area contributed by atoms with E-state index in [1.807, 2.05) is 48.8 Å². The van der Waals surface area contributed by atoms with Crippen LogP contribution in [0.4, 0.5) is 0 Å². The van der Waals surface area contributed by atoms with E-state index in [0.29, 0.717) is 24.6 Å². The van der Waals surface area contributed by atoms with Crippen molar-refractivity contribution in [1.29, 1.82) is 0 Å². The average Bonchev–Trinajstić information content (AvgIpc) is 4.18. The number of nitrogens with zero attached hydrogens (tertiary/aromatic N) is 2. The van der Waals surface area contributed by atoms with Crippen LogP contribution in [0.3, 0.4) is 0 Å². The summed E-state index contributed by atoms with van der Waals surface area (Å²) in [5.41, 5.74) is 3.61. The number of hydrogen-bond donors (Lipinski definition) is 1. The van der Waals surface area contributed by atoms with E-state index in [0.717, 1.165) is 97.6 Å². The number of carbonyl (C=O) groups is 4. The number of halogens is 1. The molecule has 4 unspecified atom stereocenters. The zero-order valence-corrected chi connectivity index (χ0v) is 36.3. The number of aromatic nitrogens is 1. The smallest absolute Gasteiger partial charge is 0.303 e. The highest BCUT2D eigenvalue weighted by molar-refractivity contribution is 7.99. The summed E-state index contributed by atoms with van der Waals surface area (Å²) in [7, 11) is 0. The van der Waals surface area contributed by atoms with Crippen molar-refractivity contribution in [2.24, 2.45) is 0 Å². The maximum Gasteiger partial charge on any atom is 0.303 e. The Hall–Kier alpha value is -4.25. The van der Waals surface area contributed by atoms with E-state index in [2.05, 4.69) is 17.1 Å². The van der Waals surface area contributed by atoms with Crippen LogP contribution < -0.4 is 4.74 Å². The predicted molar refractivity (Wildman–Crippen MR) is 225 cm³/mol. The normalized spacial score (nSPS) is 20.3. The van der Waals surface area contributed by atoms with Gasteiger partial charge < -0.3 is 43.2 Å². The zero-order chi connectivity index (χ0) is 43.4. The molecule has 1 saturated heterocycles. The van der Waals surface area contributed by atoms with Crippen LogP contribution >= 0.6 is 23.4 Å². The van der Waals surface area contributed by atoms with E-state index in [1.165, 1.54) is 11.8 Å². The second-order valence-corrected chi connectivity index (χ2v) is 16.8. The first-order valence-corrected chi connectivity index (χ1v) is 22.1. The maximum atomic E-state index is 14.0. The molecule has 3 fully saturated rings. The van der Waals surface area contributed by atoms with E-state index in [1.54, 1.807) is 11.8 Å². The molecular formula is C45H54ClN2O12S. The summed E-state index contributed by atoms with van der Waals surface area (Å²) in [6.07, 6.45) is 4.89.